The number of nitrogens with zero attached hydrogens (tertiary/aromatic N) is 6. The first-order valence-corrected chi connectivity index (χ1v) is 22.5. The Kier molecular flexibility index (Phi) is 13.7. The third-order valence-electron chi connectivity index (χ3n) is 10.5. The minimum Gasteiger partial charge on any atom is -0.375 e. The van der Waals surface area contributed by atoms with Crippen molar-refractivity contribution in [3.63, 3.8) is 0 Å². The molecule has 0 spiro atoms. The number of halogens is 1. The van der Waals surface area contributed by atoms with Crippen LogP contribution in [0.2, 0.25) is 5.02 Å². The molecule has 14 nitrogen and oxygen atoms in total. The smallest absolute Gasteiger partial charge is 0.294 e. The highest BCUT2D eigenvalue weighted by Gasteiger charge is 2.30. The van der Waals surface area contributed by atoms with Gasteiger partial charge < -0.3 is 20.9 Å². The Labute approximate surface area is 364 Å². The van der Waals surface area contributed by atoms with E-state index in [0.29, 0.717) is 34.6 Å². The molecule has 4 N–H and O–H groups in total. The van der Waals surface area contributed by atoms with Crippen molar-refractivity contribution in [2.75, 3.05) is 67.5 Å². The third-order valence-corrected chi connectivity index (χ3v) is 13.2. The lowest BCUT2D eigenvalue weighted by atomic mass is 9.99. The van der Waals surface area contributed by atoms with Crippen LogP contribution in [0.15, 0.2) is 125 Å². The third kappa shape index (κ3) is 10.8. The van der Waals surface area contributed by atoms with Gasteiger partial charge in [-0.3, -0.25) is 24.5 Å². The topological polar surface area (TPSA) is 180 Å². The number of nitrogens with two attached hydrogens (primary N) is 1. The minimum absolute atomic E-state index is 0.0238. The quantitative estimate of drug-likeness (QED) is 0.0465. The Morgan fingerprint density at radius 1 is 0.951 bits per heavy atom. The summed E-state index contributed by atoms with van der Waals surface area (Å²) in [4.78, 5) is 40.5. The van der Waals surface area contributed by atoms with E-state index < -0.39 is 31.4 Å². The molecule has 1 aliphatic heterocycles. The molecule has 1 fully saturated rings. The minimum atomic E-state index is -4.53. The predicted molar refractivity (Wildman–Crippen MR) is 244 cm³/mol. The van der Waals surface area contributed by atoms with Gasteiger partial charge >= 0.3 is 0 Å². The molecule has 1 aliphatic rings. The van der Waals surface area contributed by atoms with Crippen LogP contribution in [0, 0.1) is 10.1 Å². The summed E-state index contributed by atoms with van der Waals surface area (Å²) < 4.78 is 30.4. The van der Waals surface area contributed by atoms with Crippen LogP contribution in [0.4, 0.5) is 22.9 Å². The van der Waals surface area contributed by atoms with Crippen molar-refractivity contribution in [2.45, 2.75) is 28.8 Å². The highest BCUT2D eigenvalue weighted by molar-refractivity contribution is 7.99. The molecule has 7 rings (SSSR count). The van der Waals surface area contributed by atoms with Gasteiger partial charge in [-0.2, -0.15) is 0 Å². The Morgan fingerprint density at radius 2 is 1.67 bits per heavy atom. The first kappa shape index (κ1) is 43.3. The molecule has 6 aromatic rings. The van der Waals surface area contributed by atoms with Crippen LogP contribution >= 0.6 is 23.4 Å². The van der Waals surface area contributed by atoms with Crippen molar-refractivity contribution >= 4 is 73.1 Å². The normalized spacial score (nSPS) is 13.9. The molecule has 61 heavy (non-hydrogen) atoms. The number of nitro benzene ring substituents is 1. The number of carbonyl (C=O) groups is 1. The van der Waals surface area contributed by atoms with Gasteiger partial charge in [0.2, 0.25) is 0 Å². The van der Waals surface area contributed by atoms with Gasteiger partial charge in [0.15, 0.2) is 5.82 Å². The van der Waals surface area contributed by atoms with Crippen LogP contribution in [-0.2, 0) is 16.6 Å². The molecule has 2 heterocycles. The number of rotatable bonds is 17. The standard InChI is InChI=1S/C44H46ClN9O5S2/c1-51(2)18-17-33(28-60-35-11-7-4-8-12-35)49-42-39(43(46)55)25-36(26-41(42)54(56)57)61(58,59)50-44-38-16-14-34(24-40(38)47-29-48-44)53-21-19-52(20-22-53)27-31-23-32(45)13-15-37(31)30-9-5-3-6-10-30/h3-16,23-26,29,33,49H,17-22,27-28H2,1-2H3,(H2,46,55)(H,47,48,50). The van der Waals surface area contributed by atoms with Crippen molar-refractivity contribution in [1.82, 2.24) is 19.8 Å². The van der Waals surface area contributed by atoms with E-state index in [4.69, 9.17) is 17.3 Å². The van der Waals surface area contributed by atoms with Gasteiger partial charge in [-0.15, -0.1) is 11.8 Å². The molecule has 316 valence electrons. The SMILES string of the molecule is CN(C)CCC(CSc1ccccc1)Nc1c(C(N)=O)cc(S(=O)(=O)Nc2ncnc3cc(N4CCN(Cc5cc(Cl)ccc5-c5ccccc5)CC4)ccc23)cc1[N+](=O)[O-]. The lowest BCUT2D eigenvalue weighted by molar-refractivity contribution is -0.384. The second-order valence-corrected chi connectivity index (χ2v) is 18.2. The van der Waals surface area contributed by atoms with Crippen molar-refractivity contribution in [2.24, 2.45) is 5.73 Å². The summed E-state index contributed by atoms with van der Waals surface area (Å²) in [6, 6.07) is 33.1. The number of amides is 1. The number of aromatic nitrogens is 2. The molecular weight excluding hydrogens is 834 g/mol. The number of primary amides is 1. The van der Waals surface area contributed by atoms with Crippen LogP contribution in [0.3, 0.4) is 0 Å². The molecule has 1 atom stereocenters. The van der Waals surface area contributed by atoms with Gasteiger partial charge in [-0.25, -0.2) is 18.4 Å². The number of hydrogen-bond donors (Lipinski definition) is 3. The number of nitro groups is 1. The number of nitrogens with one attached hydrogen (secondary N) is 2. The van der Waals surface area contributed by atoms with E-state index in [9.17, 15) is 23.3 Å². The average molecular weight is 880 g/mol. The number of benzene rings is 5. The first-order chi connectivity index (χ1) is 29.3. The first-order valence-electron chi connectivity index (χ1n) is 19.6. The van der Waals surface area contributed by atoms with Crippen LogP contribution in [0.1, 0.15) is 22.3 Å². The van der Waals surface area contributed by atoms with Gasteiger partial charge in [0.05, 0.1) is 20.9 Å². The maximum atomic E-state index is 14.0. The zero-order chi connectivity index (χ0) is 43.1. The van der Waals surface area contributed by atoms with E-state index in [1.54, 1.807) is 17.8 Å². The average Bonchev–Trinajstić information content (AvgIpc) is 3.25. The summed E-state index contributed by atoms with van der Waals surface area (Å²) in [5.74, 6) is -0.538. The molecule has 0 aliphatic carbocycles. The van der Waals surface area contributed by atoms with Gasteiger partial charge in [-0.1, -0.05) is 66.2 Å². The van der Waals surface area contributed by atoms with Crippen molar-refractivity contribution in [3.8, 4) is 11.1 Å². The van der Waals surface area contributed by atoms with Gasteiger partial charge in [-0.05, 0) is 92.3 Å². The Bertz CT molecular complexity index is 2600. The molecular formula is C44H46ClN9O5S2. The second kappa shape index (κ2) is 19.3. The summed E-state index contributed by atoms with van der Waals surface area (Å²) in [6.45, 7) is 4.53. The molecule has 0 bridgehead atoms. The highest BCUT2D eigenvalue weighted by Crippen LogP contribution is 2.35. The van der Waals surface area contributed by atoms with E-state index >= 15 is 0 Å². The number of sulfonamides is 1. The van der Waals surface area contributed by atoms with Gasteiger partial charge in [0.1, 0.15) is 12.0 Å². The molecule has 5 aromatic carbocycles. The van der Waals surface area contributed by atoms with Crippen LogP contribution in [0.5, 0.6) is 0 Å². The van der Waals surface area contributed by atoms with E-state index in [2.05, 4.69) is 48.0 Å². The molecule has 1 amide bonds. The maximum absolute atomic E-state index is 14.0. The summed E-state index contributed by atoms with van der Waals surface area (Å²) in [7, 11) is -0.700. The highest BCUT2D eigenvalue weighted by atomic mass is 35.5. The number of carbonyl (C=O) groups excluding carboxylic acids is 1. The van der Waals surface area contributed by atoms with Crippen LogP contribution < -0.4 is 20.7 Å². The lowest BCUT2D eigenvalue weighted by Gasteiger charge is -2.36. The second-order valence-electron chi connectivity index (χ2n) is 15.0. The lowest BCUT2D eigenvalue weighted by Crippen LogP contribution is -2.46. The Morgan fingerprint density at radius 3 is 2.36 bits per heavy atom. The number of hydrogen-bond acceptors (Lipinski definition) is 12. The summed E-state index contributed by atoms with van der Waals surface area (Å²) in [5.41, 5.74) is 9.59. The van der Waals surface area contributed by atoms with Crippen molar-refractivity contribution in [1.29, 1.82) is 0 Å². The fourth-order valence-corrected chi connectivity index (χ4v) is 9.54. The van der Waals surface area contributed by atoms with Gasteiger partial charge in [0.25, 0.3) is 21.6 Å². The predicted octanol–water partition coefficient (Wildman–Crippen LogP) is 7.60. The molecule has 1 unspecified atom stereocenters. The Hall–Kier alpha value is -5.78. The monoisotopic (exact) mass is 879 g/mol. The fourth-order valence-electron chi connectivity index (χ4n) is 7.28. The number of anilines is 3. The van der Waals surface area contributed by atoms with E-state index in [1.165, 1.54) is 6.33 Å². The van der Waals surface area contributed by atoms with E-state index in [1.807, 2.05) is 91.8 Å². The number of thioether (sulfide) groups is 1. The number of fused-ring (bicyclic) bond motifs is 1. The summed E-state index contributed by atoms with van der Waals surface area (Å²) >= 11 is 7.98. The maximum Gasteiger partial charge on any atom is 0.294 e. The fraction of sp³-hybridized carbons (Fsp3) is 0.250. The summed E-state index contributed by atoms with van der Waals surface area (Å²) in [6.07, 6.45) is 1.82. The molecule has 1 aromatic heterocycles. The van der Waals surface area contributed by atoms with Crippen molar-refractivity contribution in [3.05, 3.63) is 142 Å². The number of piperazine rings is 1. The molecule has 0 saturated carbocycles. The van der Waals surface area contributed by atoms with Crippen LogP contribution in [-0.4, -0.2) is 97.6 Å². The summed E-state index contributed by atoms with van der Waals surface area (Å²) in [5, 5.41) is 16.8. The van der Waals surface area contributed by atoms with Crippen LogP contribution in [0.25, 0.3) is 22.0 Å². The van der Waals surface area contributed by atoms with Crippen molar-refractivity contribution < 1.29 is 18.1 Å². The van der Waals surface area contributed by atoms with E-state index in [-0.39, 0.29) is 23.1 Å². The molecule has 0 radical (unpaired) electrons. The Balaban J connectivity index is 1.08. The van der Waals surface area contributed by atoms with E-state index in [0.717, 1.165) is 72.1 Å². The zero-order valence-corrected chi connectivity index (χ0v) is 36.1. The largest absolute Gasteiger partial charge is 0.375 e. The zero-order valence-electron chi connectivity index (χ0n) is 33.7. The molecule has 17 heteroatoms. The van der Waals surface area contributed by atoms with Gasteiger partial charge in [0, 0.05) is 71.6 Å². The molecule has 1 saturated heterocycles.